The molecular formula is C26H26FN3O4S. The van der Waals surface area contributed by atoms with Gasteiger partial charge in [0, 0.05) is 26.1 Å². The Labute approximate surface area is 204 Å². The van der Waals surface area contributed by atoms with Gasteiger partial charge in [-0.05, 0) is 53.9 Å². The fraction of sp³-hybridized carbons (Fsp3) is 0.231. The van der Waals surface area contributed by atoms with Crippen LogP contribution in [0.15, 0.2) is 83.8 Å². The number of rotatable bonds is 9. The Balaban J connectivity index is 1.46. The summed E-state index contributed by atoms with van der Waals surface area (Å²) >= 11 is 0. The topological polar surface area (TPSA) is 86.8 Å². The third kappa shape index (κ3) is 6.05. The summed E-state index contributed by atoms with van der Waals surface area (Å²) in [6, 6.07) is 20.3. The third-order valence-electron chi connectivity index (χ3n) is 5.76. The molecule has 4 rings (SSSR count). The molecule has 0 unspecified atom stereocenters. The number of nitrogens with zero attached hydrogens (tertiary/aromatic N) is 2. The number of hydrogen-bond donors (Lipinski definition) is 1. The van der Waals surface area contributed by atoms with Crippen LogP contribution in [0.25, 0.3) is 0 Å². The average molecular weight is 496 g/mol. The molecule has 1 aliphatic heterocycles. The van der Waals surface area contributed by atoms with Gasteiger partial charge in [0.25, 0.3) is 10.0 Å². The molecule has 0 saturated carbocycles. The lowest BCUT2D eigenvalue weighted by Crippen LogP contribution is -2.40. The van der Waals surface area contributed by atoms with Crippen LogP contribution >= 0.6 is 0 Å². The van der Waals surface area contributed by atoms with Gasteiger partial charge in [-0.1, -0.05) is 42.5 Å². The Morgan fingerprint density at radius 2 is 1.69 bits per heavy atom. The van der Waals surface area contributed by atoms with Gasteiger partial charge < -0.3 is 10.2 Å². The Morgan fingerprint density at radius 1 is 0.971 bits per heavy atom. The molecule has 7 nitrogen and oxygen atoms in total. The van der Waals surface area contributed by atoms with Gasteiger partial charge in [-0.3, -0.25) is 13.9 Å². The van der Waals surface area contributed by atoms with Gasteiger partial charge >= 0.3 is 0 Å². The first kappa shape index (κ1) is 24.4. The van der Waals surface area contributed by atoms with Crippen molar-refractivity contribution in [3.63, 3.8) is 0 Å². The fourth-order valence-electron chi connectivity index (χ4n) is 3.96. The predicted octanol–water partition coefficient (Wildman–Crippen LogP) is 3.46. The third-order valence-corrected chi connectivity index (χ3v) is 7.55. The highest BCUT2D eigenvalue weighted by atomic mass is 32.2. The van der Waals surface area contributed by atoms with E-state index >= 15 is 0 Å². The second kappa shape index (κ2) is 10.7. The summed E-state index contributed by atoms with van der Waals surface area (Å²) in [5, 5.41) is 2.76. The van der Waals surface area contributed by atoms with E-state index in [0.717, 1.165) is 40.5 Å². The van der Waals surface area contributed by atoms with E-state index in [9.17, 15) is 22.4 Å². The Morgan fingerprint density at radius 3 is 2.37 bits per heavy atom. The molecule has 0 bridgehead atoms. The molecule has 1 aliphatic rings. The number of hydrogen-bond acceptors (Lipinski definition) is 4. The highest BCUT2D eigenvalue weighted by molar-refractivity contribution is 7.92. The van der Waals surface area contributed by atoms with Crippen LogP contribution in [0.4, 0.5) is 10.1 Å². The van der Waals surface area contributed by atoms with Crippen LogP contribution in [0, 0.1) is 5.82 Å². The number of halogens is 1. The summed E-state index contributed by atoms with van der Waals surface area (Å²) in [6.45, 7) is 0.997. The lowest BCUT2D eigenvalue weighted by atomic mass is 10.1. The van der Waals surface area contributed by atoms with E-state index in [0.29, 0.717) is 13.0 Å². The zero-order valence-electron chi connectivity index (χ0n) is 19.1. The molecule has 0 aromatic heterocycles. The Hall–Kier alpha value is -3.72. The van der Waals surface area contributed by atoms with E-state index in [-0.39, 0.29) is 23.0 Å². The normalized spacial score (nSPS) is 13.6. The largest absolute Gasteiger partial charge is 0.350 e. The maximum atomic E-state index is 13.5. The number of carbonyl (C=O) groups excluding carboxylic acids is 2. The minimum atomic E-state index is -4.06. The first-order valence-electron chi connectivity index (χ1n) is 11.3. The van der Waals surface area contributed by atoms with Gasteiger partial charge in [0.1, 0.15) is 12.4 Å². The zero-order chi connectivity index (χ0) is 24.8. The molecule has 3 aromatic rings. The predicted molar refractivity (Wildman–Crippen MR) is 130 cm³/mol. The van der Waals surface area contributed by atoms with Crippen molar-refractivity contribution in [1.29, 1.82) is 0 Å². The molecule has 0 aliphatic carbocycles. The van der Waals surface area contributed by atoms with Crippen LogP contribution in [-0.4, -0.2) is 38.2 Å². The smallest absolute Gasteiger partial charge is 0.264 e. The summed E-state index contributed by atoms with van der Waals surface area (Å²) in [5.74, 6) is -0.871. The van der Waals surface area contributed by atoms with Crippen molar-refractivity contribution in [3.8, 4) is 0 Å². The lowest BCUT2D eigenvalue weighted by Gasteiger charge is -2.24. The van der Waals surface area contributed by atoms with Crippen LogP contribution < -0.4 is 9.62 Å². The number of anilines is 1. The molecule has 1 heterocycles. The molecular weight excluding hydrogens is 469 g/mol. The second-order valence-corrected chi connectivity index (χ2v) is 10.2. The molecule has 1 saturated heterocycles. The molecule has 35 heavy (non-hydrogen) atoms. The van der Waals surface area contributed by atoms with Crippen molar-refractivity contribution in [2.45, 2.75) is 30.8 Å². The van der Waals surface area contributed by atoms with E-state index in [1.54, 1.807) is 18.2 Å². The van der Waals surface area contributed by atoms with Crippen LogP contribution in [0.1, 0.15) is 24.0 Å². The molecule has 1 fully saturated rings. The lowest BCUT2D eigenvalue weighted by molar-refractivity contribution is -0.128. The summed E-state index contributed by atoms with van der Waals surface area (Å²) in [6.07, 6.45) is 1.44. The van der Waals surface area contributed by atoms with Crippen molar-refractivity contribution in [3.05, 3.63) is 95.8 Å². The number of likely N-dealkylation sites (tertiary alicyclic amines) is 1. The average Bonchev–Trinajstić information content (AvgIpc) is 3.26. The molecule has 0 atom stereocenters. The van der Waals surface area contributed by atoms with E-state index in [2.05, 4.69) is 5.32 Å². The Kier molecular flexibility index (Phi) is 7.45. The first-order valence-corrected chi connectivity index (χ1v) is 12.7. The monoisotopic (exact) mass is 495 g/mol. The van der Waals surface area contributed by atoms with E-state index < -0.39 is 28.3 Å². The minimum absolute atomic E-state index is 0.0290. The number of benzene rings is 3. The fourth-order valence-corrected chi connectivity index (χ4v) is 5.40. The van der Waals surface area contributed by atoms with Crippen molar-refractivity contribution in [2.75, 3.05) is 17.4 Å². The zero-order valence-corrected chi connectivity index (χ0v) is 19.9. The number of carbonyl (C=O) groups is 2. The molecule has 0 spiro atoms. The van der Waals surface area contributed by atoms with Crippen LogP contribution in [0.3, 0.4) is 0 Å². The maximum Gasteiger partial charge on any atom is 0.264 e. The van der Waals surface area contributed by atoms with Crippen molar-refractivity contribution in [2.24, 2.45) is 0 Å². The van der Waals surface area contributed by atoms with Gasteiger partial charge in [0.05, 0.1) is 10.6 Å². The van der Waals surface area contributed by atoms with Gasteiger partial charge in [-0.2, -0.15) is 0 Å². The van der Waals surface area contributed by atoms with Crippen LogP contribution in [-0.2, 0) is 32.7 Å². The standard InChI is InChI=1S/C26H26FN3O4S/c27-22-11-13-23(14-12-22)30(35(33,34)24-8-2-1-3-9-24)19-25(31)28-17-20-6-4-7-21(16-20)18-29-15-5-10-26(29)32/h1-4,6-9,11-14,16H,5,10,15,17-19H2,(H,28,31). The molecule has 1 N–H and O–H groups in total. The SMILES string of the molecule is O=C(CN(c1ccc(F)cc1)S(=O)(=O)c1ccccc1)NCc1cccc(CN2CCCC2=O)c1. The number of nitrogens with one attached hydrogen (secondary N) is 1. The Bertz CT molecular complexity index is 1300. The second-order valence-electron chi connectivity index (χ2n) is 8.32. The van der Waals surface area contributed by atoms with Gasteiger partial charge in [-0.25, -0.2) is 12.8 Å². The van der Waals surface area contributed by atoms with Gasteiger partial charge in [0.2, 0.25) is 11.8 Å². The van der Waals surface area contributed by atoms with Crippen molar-refractivity contribution in [1.82, 2.24) is 10.2 Å². The highest BCUT2D eigenvalue weighted by Gasteiger charge is 2.27. The maximum absolute atomic E-state index is 13.5. The van der Waals surface area contributed by atoms with Crippen LogP contribution in [0.2, 0.25) is 0 Å². The van der Waals surface area contributed by atoms with Crippen molar-refractivity contribution < 1.29 is 22.4 Å². The van der Waals surface area contributed by atoms with Gasteiger partial charge in [0.15, 0.2) is 0 Å². The molecule has 0 radical (unpaired) electrons. The highest BCUT2D eigenvalue weighted by Crippen LogP contribution is 2.24. The summed E-state index contributed by atoms with van der Waals surface area (Å²) in [4.78, 5) is 26.5. The van der Waals surface area contributed by atoms with Gasteiger partial charge in [-0.15, -0.1) is 0 Å². The molecule has 3 aromatic carbocycles. The number of amides is 2. The molecule has 2 amide bonds. The number of sulfonamides is 1. The summed E-state index contributed by atoms with van der Waals surface area (Å²) < 4.78 is 41.0. The molecule has 182 valence electrons. The molecule has 9 heteroatoms. The summed E-state index contributed by atoms with van der Waals surface area (Å²) in [7, 11) is -4.06. The van der Waals surface area contributed by atoms with E-state index in [1.807, 2.05) is 29.2 Å². The van der Waals surface area contributed by atoms with E-state index in [1.165, 1.54) is 24.3 Å². The van der Waals surface area contributed by atoms with Crippen molar-refractivity contribution >= 4 is 27.5 Å². The van der Waals surface area contributed by atoms with Crippen LogP contribution in [0.5, 0.6) is 0 Å². The van der Waals surface area contributed by atoms with E-state index in [4.69, 9.17) is 0 Å². The minimum Gasteiger partial charge on any atom is -0.350 e. The first-order chi connectivity index (χ1) is 16.8. The quantitative estimate of drug-likeness (QED) is 0.493. The summed E-state index contributed by atoms with van der Waals surface area (Å²) in [5.41, 5.74) is 1.98.